The number of hydrogen-bond acceptors (Lipinski definition) is 7. The molecule has 0 fully saturated rings. The molecule has 0 radical (unpaired) electrons. The molecule has 3 heterocycles. The molecule has 1 unspecified atom stereocenters. The molecule has 0 saturated heterocycles. The zero-order chi connectivity index (χ0) is 22.8. The van der Waals surface area contributed by atoms with Gasteiger partial charge in [0, 0.05) is 34.9 Å². The summed E-state index contributed by atoms with van der Waals surface area (Å²) in [5.41, 5.74) is 8.18. The number of nitrogens with one attached hydrogen (secondary N) is 2. The fourth-order valence-corrected chi connectivity index (χ4v) is 3.72. The zero-order valence-corrected chi connectivity index (χ0v) is 18.3. The molecule has 1 atom stereocenters. The van der Waals surface area contributed by atoms with Gasteiger partial charge in [0.2, 0.25) is 0 Å². The van der Waals surface area contributed by atoms with Crippen LogP contribution in [0.1, 0.15) is 40.1 Å². The van der Waals surface area contributed by atoms with Crippen molar-refractivity contribution in [3.63, 3.8) is 0 Å². The Morgan fingerprint density at radius 3 is 2.81 bits per heavy atom. The van der Waals surface area contributed by atoms with Crippen molar-refractivity contribution in [2.75, 3.05) is 5.73 Å². The molecule has 4 rings (SSSR count). The number of nitrogen functional groups attached to an aromatic ring is 1. The summed E-state index contributed by atoms with van der Waals surface area (Å²) in [7, 11) is 0. The number of hydrogen-bond donors (Lipinski definition) is 3. The molecule has 0 aliphatic rings. The molecule has 0 aliphatic heterocycles. The minimum atomic E-state index is -0.455. The Hall–Kier alpha value is -3.50. The minimum absolute atomic E-state index is 0.00399. The van der Waals surface area contributed by atoms with Gasteiger partial charge in [-0.2, -0.15) is 0 Å². The van der Waals surface area contributed by atoms with E-state index >= 15 is 0 Å². The maximum atomic E-state index is 13.5. The maximum absolute atomic E-state index is 13.5. The van der Waals surface area contributed by atoms with Crippen molar-refractivity contribution in [2.24, 2.45) is 0 Å². The first kappa shape index (κ1) is 21.7. The number of rotatable bonds is 6. The van der Waals surface area contributed by atoms with Crippen LogP contribution in [0.4, 0.5) is 9.57 Å². The lowest BCUT2D eigenvalue weighted by atomic mass is 10.1. The molecule has 0 aliphatic carbocycles. The molecule has 1 amide bonds. The lowest BCUT2D eigenvalue weighted by Gasteiger charge is -2.13. The zero-order valence-electron chi connectivity index (χ0n) is 16.7. The third kappa shape index (κ3) is 4.14. The third-order valence-electron chi connectivity index (χ3n) is 4.85. The Kier molecular flexibility index (Phi) is 6.06. The van der Waals surface area contributed by atoms with Gasteiger partial charge in [-0.3, -0.25) is 15.2 Å². The van der Waals surface area contributed by atoms with E-state index in [4.69, 9.17) is 22.7 Å². The molecule has 3 aromatic heterocycles. The summed E-state index contributed by atoms with van der Waals surface area (Å²) in [6.07, 6.45) is 5.96. The van der Waals surface area contributed by atoms with Crippen molar-refractivity contribution >= 4 is 52.4 Å². The highest BCUT2D eigenvalue weighted by Gasteiger charge is 2.22. The second-order valence-electron chi connectivity index (χ2n) is 6.95. The van der Waals surface area contributed by atoms with Crippen LogP contribution in [0.2, 0.25) is 5.02 Å². The number of pyridine rings is 1. The van der Waals surface area contributed by atoms with E-state index in [1.807, 2.05) is 13.0 Å². The molecular weight excluding hydrogens is 453 g/mol. The van der Waals surface area contributed by atoms with Gasteiger partial charge in [-0.1, -0.05) is 17.7 Å². The summed E-state index contributed by atoms with van der Waals surface area (Å²) >= 11 is 5.84. The van der Waals surface area contributed by atoms with E-state index in [1.54, 1.807) is 30.6 Å². The van der Waals surface area contributed by atoms with Crippen LogP contribution in [0.3, 0.4) is 0 Å². The Morgan fingerprint density at radius 1 is 1.31 bits per heavy atom. The number of fused-ring (bicyclic) bond motifs is 1. The first-order chi connectivity index (χ1) is 15.4. The Balaban J connectivity index is 1.71. The second-order valence-corrected chi connectivity index (χ2v) is 7.92. The lowest BCUT2D eigenvalue weighted by Crippen LogP contribution is -2.26. The monoisotopic (exact) mass is 469 g/mol. The predicted molar refractivity (Wildman–Crippen MR) is 124 cm³/mol. The van der Waals surface area contributed by atoms with Crippen LogP contribution in [0.15, 0.2) is 55.1 Å². The summed E-state index contributed by atoms with van der Waals surface area (Å²) in [4.78, 5) is 25.7. The van der Waals surface area contributed by atoms with Gasteiger partial charge in [-0.15, -0.1) is 3.89 Å². The van der Waals surface area contributed by atoms with Crippen LogP contribution in [0.5, 0.6) is 0 Å². The molecule has 0 spiro atoms. The van der Waals surface area contributed by atoms with Crippen LogP contribution < -0.4 is 11.1 Å². The number of carbonyl (C=O) groups excluding carboxylic acids is 1. The summed E-state index contributed by atoms with van der Waals surface area (Å²) in [5.74, 6) is -0.455. The fourth-order valence-electron chi connectivity index (χ4n) is 3.19. The number of amides is 1. The van der Waals surface area contributed by atoms with Crippen LogP contribution in [0, 0.1) is 5.41 Å². The highest BCUT2D eigenvalue weighted by molar-refractivity contribution is 7.92. The minimum Gasteiger partial charge on any atom is -0.398 e. The van der Waals surface area contributed by atoms with Gasteiger partial charge in [0.25, 0.3) is 5.91 Å². The van der Waals surface area contributed by atoms with Crippen LogP contribution in [-0.2, 0) is 0 Å². The first-order valence-electron chi connectivity index (χ1n) is 9.41. The van der Waals surface area contributed by atoms with Crippen molar-refractivity contribution in [3.05, 3.63) is 82.5 Å². The molecule has 4 N–H and O–H groups in total. The van der Waals surface area contributed by atoms with Gasteiger partial charge < -0.3 is 11.1 Å². The average molecular weight is 470 g/mol. The van der Waals surface area contributed by atoms with E-state index in [-0.39, 0.29) is 46.5 Å². The van der Waals surface area contributed by atoms with Gasteiger partial charge in [0.1, 0.15) is 11.2 Å². The molecule has 0 saturated carbocycles. The molecular formula is C21H17ClFN7OS. The van der Waals surface area contributed by atoms with Crippen LogP contribution >= 0.6 is 23.9 Å². The Morgan fingerprint density at radius 2 is 2.12 bits per heavy atom. The first-order valence-corrected chi connectivity index (χ1v) is 10.5. The quantitative estimate of drug-likeness (QED) is 0.285. The third-order valence-corrected chi connectivity index (χ3v) is 5.52. The van der Waals surface area contributed by atoms with E-state index < -0.39 is 5.91 Å². The highest BCUT2D eigenvalue weighted by Crippen LogP contribution is 2.26. The molecule has 32 heavy (non-hydrogen) atoms. The number of benzene rings is 1. The number of nitrogens with zero attached hydrogens (tertiary/aromatic N) is 4. The van der Waals surface area contributed by atoms with E-state index in [0.29, 0.717) is 16.3 Å². The fraction of sp³-hybridized carbons (Fsp3) is 0.0952. The smallest absolute Gasteiger partial charge is 0.255 e. The SMILES string of the molecule is CC(NC(=O)c1cn(SF)c2ncc(C(=N)c3ccc(Cl)cc3N)nc12)c1cccnc1. The average Bonchev–Trinajstić information content (AvgIpc) is 3.17. The molecule has 162 valence electrons. The largest absolute Gasteiger partial charge is 0.398 e. The van der Waals surface area contributed by atoms with Gasteiger partial charge in [-0.25, -0.2) is 13.9 Å². The van der Waals surface area contributed by atoms with Crippen molar-refractivity contribution in [3.8, 4) is 0 Å². The van der Waals surface area contributed by atoms with Crippen molar-refractivity contribution < 1.29 is 8.68 Å². The predicted octanol–water partition coefficient (Wildman–Crippen LogP) is 4.35. The van der Waals surface area contributed by atoms with Gasteiger partial charge in [-0.05, 0) is 36.8 Å². The number of anilines is 1. The topological polar surface area (TPSA) is 123 Å². The van der Waals surface area contributed by atoms with E-state index in [2.05, 4.69) is 20.3 Å². The van der Waals surface area contributed by atoms with Gasteiger partial charge in [0.15, 0.2) is 18.0 Å². The number of aromatic nitrogens is 4. The molecule has 0 bridgehead atoms. The van der Waals surface area contributed by atoms with Crippen molar-refractivity contribution in [1.29, 1.82) is 5.41 Å². The highest BCUT2D eigenvalue weighted by atomic mass is 35.5. The van der Waals surface area contributed by atoms with Crippen molar-refractivity contribution in [2.45, 2.75) is 13.0 Å². The van der Waals surface area contributed by atoms with Gasteiger partial charge in [0.05, 0.1) is 23.5 Å². The Bertz CT molecular complexity index is 1330. The number of halogens is 2. The standard InChI is InChI=1S/C21H17ClFN7OS/c1-11(12-3-2-6-26-8-12)28-21(31)15-10-30(32-23)20-19(15)29-17(9-27-20)18(25)14-5-4-13(22)7-16(14)24/h2-11,25H,24H2,1H3,(H,28,31). The van der Waals surface area contributed by atoms with Crippen molar-refractivity contribution in [1.82, 2.24) is 24.2 Å². The summed E-state index contributed by atoms with van der Waals surface area (Å²) in [6, 6.07) is 8.03. The van der Waals surface area contributed by atoms with E-state index in [0.717, 1.165) is 9.54 Å². The summed E-state index contributed by atoms with van der Waals surface area (Å²) in [6.45, 7) is 1.81. The lowest BCUT2D eigenvalue weighted by molar-refractivity contribution is 0.0941. The normalized spacial score (nSPS) is 12.0. The Labute approximate surface area is 192 Å². The van der Waals surface area contributed by atoms with Crippen LogP contribution in [-0.4, -0.2) is 30.5 Å². The van der Waals surface area contributed by atoms with E-state index in [1.165, 1.54) is 18.5 Å². The van der Waals surface area contributed by atoms with Crippen LogP contribution in [0.25, 0.3) is 11.2 Å². The summed E-state index contributed by atoms with van der Waals surface area (Å²) < 4.78 is 14.6. The second kappa shape index (κ2) is 8.93. The molecule has 4 aromatic rings. The molecule has 1 aromatic carbocycles. The van der Waals surface area contributed by atoms with Gasteiger partial charge >= 0.3 is 0 Å². The number of carbonyl (C=O) groups is 1. The van der Waals surface area contributed by atoms with E-state index in [9.17, 15) is 8.68 Å². The molecule has 8 nitrogen and oxygen atoms in total. The molecule has 11 heteroatoms. The maximum Gasteiger partial charge on any atom is 0.255 e. The number of nitrogens with two attached hydrogens (primary N) is 1. The summed E-state index contributed by atoms with van der Waals surface area (Å²) in [5, 5.41) is 11.8.